The fourth-order valence-corrected chi connectivity index (χ4v) is 4.05. The zero-order valence-corrected chi connectivity index (χ0v) is 12.8. The molecule has 0 unspecified atom stereocenters. The van der Waals surface area contributed by atoms with Gasteiger partial charge in [-0.25, -0.2) is 4.98 Å². The average molecular weight is 304 g/mol. The van der Waals surface area contributed by atoms with Gasteiger partial charge >= 0.3 is 5.97 Å². The maximum atomic E-state index is 12.9. The van der Waals surface area contributed by atoms with Crippen LogP contribution in [0.25, 0.3) is 0 Å². The lowest BCUT2D eigenvalue weighted by Crippen LogP contribution is -2.44. The van der Waals surface area contributed by atoms with Gasteiger partial charge in [0, 0.05) is 29.9 Å². The molecule has 1 aromatic rings. The fourth-order valence-electron chi connectivity index (χ4n) is 4.05. The summed E-state index contributed by atoms with van der Waals surface area (Å²) in [6.45, 7) is 1.90. The van der Waals surface area contributed by atoms with Crippen molar-refractivity contribution in [2.24, 2.45) is 5.41 Å². The molecule has 1 amide bonds. The Labute approximate surface area is 129 Å². The zero-order chi connectivity index (χ0) is 15.9. The highest BCUT2D eigenvalue weighted by molar-refractivity contribution is 5.96. The van der Waals surface area contributed by atoms with Crippen LogP contribution >= 0.6 is 0 Å². The van der Waals surface area contributed by atoms with Crippen molar-refractivity contribution in [1.29, 1.82) is 0 Å². The molecule has 0 radical (unpaired) electrons. The molecule has 118 valence electrons. The van der Waals surface area contributed by atoms with Crippen LogP contribution in [0.15, 0.2) is 18.3 Å². The van der Waals surface area contributed by atoms with E-state index in [0.717, 1.165) is 12.8 Å². The fraction of sp³-hybridized carbons (Fsp3) is 0.562. The number of aliphatic carboxylic acids is 1. The molecule has 1 N–H and O–H groups in total. The molecule has 1 aromatic heterocycles. The van der Waals surface area contributed by atoms with Crippen molar-refractivity contribution >= 4 is 11.9 Å². The molecule has 3 heterocycles. The highest BCUT2D eigenvalue weighted by atomic mass is 16.5. The number of pyridine rings is 1. The lowest BCUT2D eigenvalue weighted by atomic mass is 9.72. The maximum absolute atomic E-state index is 12.9. The summed E-state index contributed by atoms with van der Waals surface area (Å²) in [6, 6.07) is 3.06. The molecule has 2 saturated heterocycles. The predicted molar refractivity (Wildman–Crippen MR) is 78.7 cm³/mol. The molecule has 3 rings (SSSR count). The quantitative estimate of drug-likeness (QED) is 0.919. The lowest BCUT2D eigenvalue weighted by molar-refractivity contribution is -0.151. The third kappa shape index (κ3) is 1.97. The summed E-state index contributed by atoms with van der Waals surface area (Å²) < 4.78 is 5.06. The van der Waals surface area contributed by atoms with Crippen LogP contribution in [0.5, 0.6) is 5.88 Å². The van der Waals surface area contributed by atoms with Gasteiger partial charge in [0.25, 0.3) is 5.91 Å². The van der Waals surface area contributed by atoms with E-state index in [2.05, 4.69) is 4.98 Å². The number of fused-ring (bicyclic) bond motifs is 2. The predicted octanol–water partition coefficient (Wildman–Crippen LogP) is 1.95. The van der Waals surface area contributed by atoms with Gasteiger partial charge in [-0.3, -0.25) is 9.59 Å². The van der Waals surface area contributed by atoms with Crippen molar-refractivity contribution in [1.82, 2.24) is 9.88 Å². The highest BCUT2D eigenvalue weighted by Crippen LogP contribution is 2.52. The smallest absolute Gasteiger partial charge is 0.311 e. The first kappa shape index (κ1) is 14.8. The van der Waals surface area contributed by atoms with Gasteiger partial charge in [-0.1, -0.05) is 6.92 Å². The maximum Gasteiger partial charge on any atom is 0.311 e. The Balaban J connectivity index is 1.92. The molecular formula is C16H20N2O4. The van der Waals surface area contributed by atoms with E-state index in [1.807, 2.05) is 6.92 Å². The molecule has 0 aliphatic carbocycles. The van der Waals surface area contributed by atoms with Crippen LogP contribution < -0.4 is 4.74 Å². The third-order valence-electron chi connectivity index (χ3n) is 5.22. The van der Waals surface area contributed by atoms with Gasteiger partial charge < -0.3 is 14.7 Å². The third-order valence-corrected chi connectivity index (χ3v) is 5.22. The van der Waals surface area contributed by atoms with Gasteiger partial charge in [-0.15, -0.1) is 0 Å². The Morgan fingerprint density at radius 1 is 1.50 bits per heavy atom. The second kappa shape index (κ2) is 5.26. The zero-order valence-electron chi connectivity index (χ0n) is 12.8. The molecule has 0 aromatic carbocycles. The van der Waals surface area contributed by atoms with E-state index >= 15 is 0 Å². The summed E-state index contributed by atoms with van der Waals surface area (Å²) in [7, 11) is 1.50. The number of nitrogens with zero attached hydrogens (tertiary/aromatic N) is 2. The van der Waals surface area contributed by atoms with E-state index in [1.165, 1.54) is 13.3 Å². The van der Waals surface area contributed by atoms with Crippen molar-refractivity contribution in [3.63, 3.8) is 0 Å². The molecule has 22 heavy (non-hydrogen) atoms. The number of hydrogen-bond acceptors (Lipinski definition) is 4. The minimum absolute atomic E-state index is 0.0210. The van der Waals surface area contributed by atoms with Crippen molar-refractivity contribution in [2.75, 3.05) is 7.11 Å². The van der Waals surface area contributed by atoms with Gasteiger partial charge in [0.15, 0.2) is 0 Å². The van der Waals surface area contributed by atoms with Gasteiger partial charge in [-0.2, -0.15) is 0 Å². The Morgan fingerprint density at radius 2 is 2.27 bits per heavy atom. The Hall–Kier alpha value is -2.11. The first-order chi connectivity index (χ1) is 10.5. The van der Waals surface area contributed by atoms with Crippen LogP contribution in [-0.4, -0.2) is 46.1 Å². The van der Waals surface area contributed by atoms with Gasteiger partial charge in [0.1, 0.15) is 0 Å². The van der Waals surface area contributed by atoms with Gasteiger partial charge in [0.2, 0.25) is 5.88 Å². The second-order valence-electron chi connectivity index (χ2n) is 6.07. The number of rotatable bonds is 4. The number of ether oxygens (including phenoxy) is 1. The minimum Gasteiger partial charge on any atom is -0.481 e. The van der Waals surface area contributed by atoms with Crippen molar-refractivity contribution < 1.29 is 19.4 Å². The molecule has 0 spiro atoms. The first-order valence-electron chi connectivity index (χ1n) is 7.59. The van der Waals surface area contributed by atoms with E-state index < -0.39 is 11.4 Å². The van der Waals surface area contributed by atoms with Crippen molar-refractivity contribution in [2.45, 2.75) is 44.7 Å². The Bertz CT molecular complexity index is 618. The molecule has 2 fully saturated rings. The van der Waals surface area contributed by atoms with Crippen LogP contribution in [0.3, 0.4) is 0 Å². The summed E-state index contributed by atoms with van der Waals surface area (Å²) in [5.74, 6) is -0.519. The van der Waals surface area contributed by atoms with Crippen LogP contribution in [0.2, 0.25) is 0 Å². The number of amides is 1. The van der Waals surface area contributed by atoms with Crippen LogP contribution in [-0.2, 0) is 4.79 Å². The number of methoxy groups -OCH3 is 1. The van der Waals surface area contributed by atoms with E-state index in [-0.39, 0.29) is 18.0 Å². The number of aromatic nitrogens is 1. The number of carboxylic acids is 1. The summed E-state index contributed by atoms with van der Waals surface area (Å²) in [5.41, 5.74) is -0.295. The summed E-state index contributed by atoms with van der Waals surface area (Å²) in [4.78, 5) is 30.4. The standard InChI is InChI=1S/C16H20N2O4/c1-3-16(15(20)21)9-11-4-5-12(16)18(11)14(19)10-6-7-17-13(8-10)22-2/h6-8,11-12H,3-5,9H2,1-2H3,(H,20,21)/t11-,12+,16+/m0/s1. The second-order valence-corrected chi connectivity index (χ2v) is 6.07. The molecule has 0 saturated carbocycles. The normalized spacial score (nSPS) is 29.6. The average Bonchev–Trinajstić information content (AvgIpc) is 3.10. The van der Waals surface area contributed by atoms with Gasteiger partial charge in [0.05, 0.1) is 12.5 Å². The Morgan fingerprint density at radius 3 is 2.86 bits per heavy atom. The van der Waals surface area contributed by atoms with E-state index in [1.54, 1.807) is 17.0 Å². The highest BCUT2D eigenvalue weighted by Gasteiger charge is 2.60. The topological polar surface area (TPSA) is 79.7 Å². The van der Waals surface area contributed by atoms with Gasteiger partial charge in [-0.05, 0) is 31.7 Å². The van der Waals surface area contributed by atoms with E-state index in [0.29, 0.717) is 24.3 Å². The molecule has 2 bridgehead atoms. The molecule has 2 aliphatic rings. The van der Waals surface area contributed by atoms with Crippen molar-refractivity contribution in [3.8, 4) is 5.88 Å². The summed E-state index contributed by atoms with van der Waals surface area (Å²) in [6.07, 6.45) is 4.28. The minimum atomic E-state index is -0.796. The van der Waals surface area contributed by atoms with Crippen LogP contribution in [0.1, 0.15) is 43.0 Å². The largest absolute Gasteiger partial charge is 0.481 e. The van der Waals surface area contributed by atoms with E-state index in [4.69, 9.17) is 4.74 Å². The molecule has 6 heteroatoms. The van der Waals surface area contributed by atoms with Crippen molar-refractivity contribution in [3.05, 3.63) is 23.9 Å². The summed E-state index contributed by atoms with van der Waals surface area (Å²) >= 11 is 0. The molecule has 6 nitrogen and oxygen atoms in total. The molecule has 3 atom stereocenters. The number of hydrogen-bond donors (Lipinski definition) is 1. The number of carbonyl (C=O) groups excluding carboxylic acids is 1. The Kier molecular flexibility index (Phi) is 3.54. The molecular weight excluding hydrogens is 284 g/mol. The summed E-state index contributed by atoms with van der Waals surface area (Å²) in [5, 5.41) is 9.67. The first-order valence-corrected chi connectivity index (χ1v) is 7.59. The number of carbonyl (C=O) groups is 2. The van der Waals surface area contributed by atoms with E-state index in [9.17, 15) is 14.7 Å². The molecule has 2 aliphatic heterocycles. The lowest BCUT2D eigenvalue weighted by Gasteiger charge is -2.32. The van der Waals surface area contributed by atoms with Crippen LogP contribution in [0.4, 0.5) is 0 Å². The SMILES string of the molecule is CC[C@@]1(C(=O)O)C[C@@H]2CC[C@H]1N2C(=O)c1ccnc(OC)c1. The van der Waals surface area contributed by atoms with Crippen LogP contribution in [0, 0.1) is 5.41 Å². The number of carboxylic acid groups (broad SMARTS) is 1. The monoisotopic (exact) mass is 304 g/mol.